The van der Waals surface area contributed by atoms with E-state index >= 15 is 0 Å². The molecule has 1 aromatic carbocycles. The highest BCUT2D eigenvalue weighted by Gasteiger charge is 2.57. The number of aryl methyl sites for hydroxylation is 1. The number of hydrogen-bond acceptors (Lipinski definition) is 4. The fourth-order valence-corrected chi connectivity index (χ4v) is 4.51. The Bertz CT molecular complexity index is 763. The molecule has 6 nitrogen and oxygen atoms in total. The molecule has 2 aliphatic rings. The number of ether oxygens (including phenoxy) is 1. The van der Waals surface area contributed by atoms with Crippen LogP contribution in [0.3, 0.4) is 0 Å². The lowest BCUT2D eigenvalue weighted by molar-refractivity contribution is -0.127. The van der Waals surface area contributed by atoms with Crippen molar-refractivity contribution in [3.8, 4) is 0 Å². The van der Waals surface area contributed by atoms with Gasteiger partial charge in [-0.15, -0.1) is 5.10 Å². The van der Waals surface area contributed by atoms with Gasteiger partial charge < -0.3 is 10.1 Å². The van der Waals surface area contributed by atoms with Gasteiger partial charge in [-0.05, 0) is 44.4 Å². The van der Waals surface area contributed by atoms with Gasteiger partial charge in [0.25, 0.3) is 5.91 Å². The minimum atomic E-state index is -0.0197. The van der Waals surface area contributed by atoms with Gasteiger partial charge in [0, 0.05) is 30.7 Å². The van der Waals surface area contributed by atoms with Crippen LogP contribution in [0.2, 0.25) is 0 Å². The first-order valence-electron chi connectivity index (χ1n) is 8.86. The van der Waals surface area contributed by atoms with Crippen LogP contribution in [0.25, 0.3) is 11.0 Å². The van der Waals surface area contributed by atoms with Gasteiger partial charge in [0.05, 0.1) is 11.6 Å². The maximum absolute atomic E-state index is 12.7. The van der Waals surface area contributed by atoms with E-state index < -0.39 is 0 Å². The number of carbonyl (C=O) groups is 1. The molecule has 0 aliphatic heterocycles. The van der Waals surface area contributed by atoms with Crippen LogP contribution in [-0.4, -0.2) is 39.7 Å². The summed E-state index contributed by atoms with van der Waals surface area (Å²) in [5.41, 5.74) is 2.49. The average molecular weight is 328 g/mol. The molecule has 1 aromatic heterocycles. The van der Waals surface area contributed by atoms with Crippen LogP contribution in [0.1, 0.15) is 49.4 Å². The van der Waals surface area contributed by atoms with E-state index in [0.717, 1.165) is 36.9 Å². The zero-order chi connectivity index (χ0) is 16.7. The quantitative estimate of drug-likeness (QED) is 0.936. The van der Waals surface area contributed by atoms with E-state index in [0.29, 0.717) is 11.7 Å². The summed E-state index contributed by atoms with van der Waals surface area (Å²) in [6.45, 7) is 2.79. The van der Waals surface area contributed by atoms with E-state index in [1.165, 1.54) is 12.8 Å². The van der Waals surface area contributed by atoms with E-state index in [9.17, 15) is 4.79 Å². The molecule has 4 rings (SSSR count). The summed E-state index contributed by atoms with van der Waals surface area (Å²) in [6, 6.07) is 5.79. The third-order valence-electron chi connectivity index (χ3n) is 5.87. The molecule has 24 heavy (non-hydrogen) atoms. The molecule has 1 N–H and O–H groups in total. The highest BCUT2D eigenvalue weighted by molar-refractivity contribution is 5.97. The predicted octanol–water partition coefficient (Wildman–Crippen LogP) is 2.44. The number of benzene rings is 1. The molecular formula is C18H24N4O2. The summed E-state index contributed by atoms with van der Waals surface area (Å²) < 4.78 is 7.63. The molecule has 2 aliphatic carbocycles. The third-order valence-corrected chi connectivity index (χ3v) is 5.87. The fourth-order valence-electron chi connectivity index (χ4n) is 4.51. The van der Waals surface area contributed by atoms with Gasteiger partial charge in [-0.25, -0.2) is 4.68 Å². The molecule has 128 valence electrons. The molecule has 1 amide bonds. The minimum absolute atomic E-state index is 0.0197. The molecule has 0 unspecified atom stereocenters. The first-order valence-corrected chi connectivity index (χ1v) is 8.86. The summed E-state index contributed by atoms with van der Waals surface area (Å²) in [4.78, 5) is 12.7. The number of aromatic nitrogens is 3. The molecule has 0 bridgehead atoms. The first kappa shape index (κ1) is 15.6. The molecule has 1 spiro atoms. The highest BCUT2D eigenvalue weighted by Crippen LogP contribution is 2.54. The lowest BCUT2D eigenvalue weighted by atomic mass is 9.60. The lowest BCUT2D eigenvalue weighted by Crippen LogP contribution is -2.63. The topological polar surface area (TPSA) is 69.0 Å². The zero-order valence-corrected chi connectivity index (χ0v) is 14.3. The number of rotatable bonds is 4. The van der Waals surface area contributed by atoms with Crippen molar-refractivity contribution in [1.82, 2.24) is 20.3 Å². The van der Waals surface area contributed by atoms with Gasteiger partial charge in [0.1, 0.15) is 5.52 Å². The number of amides is 1. The molecule has 2 saturated carbocycles. The Labute approximate surface area is 141 Å². The van der Waals surface area contributed by atoms with Gasteiger partial charge in [0.2, 0.25) is 0 Å². The molecule has 2 fully saturated rings. The van der Waals surface area contributed by atoms with Crippen molar-refractivity contribution in [3.05, 3.63) is 23.8 Å². The maximum atomic E-state index is 12.7. The number of hydrogen-bond donors (Lipinski definition) is 1. The Kier molecular flexibility index (Phi) is 3.79. The van der Waals surface area contributed by atoms with Crippen LogP contribution in [0.5, 0.6) is 0 Å². The van der Waals surface area contributed by atoms with Crippen LogP contribution >= 0.6 is 0 Å². The maximum Gasteiger partial charge on any atom is 0.251 e. The molecule has 0 radical (unpaired) electrons. The fraction of sp³-hybridized carbons (Fsp3) is 0.611. The molecule has 2 atom stereocenters. The first-order chi connectivity index (χ1) is 11.6. The number of fused-ring (bicyclic) bond motifs is 1. The monoisotopic (exact) mass is 328 g/mol. The normalized spacial score (nSPS) is 25.1. The third kappa shape index (κ3) is 2.32. The summed E-state index contributed by atoms with van der Waals surface area (Å²) in [7, 11) is 1.85. The molecular weight excluding hydrogens is 304 g/mol. The van der Waals surface area contributed by atoms with E-state index in [1.54, 1.807) is 4.68 Å². The second-order valence-electron chi connectivity index (χ2n) is 7.06. The zero-order valence-electron chi connectivity index (χ0n) is 14.3. The number of nitrogens with one attached hydrogen (secondary N) is 1. The summed E-state index contributed by atoms with van der Waals surface area (Å²) in [5.74, 6) is -0.0197. The van der Waals surface area contributed by atoms with Gasteiger partial charge >= 0.3 is 0 Å². The largest absolute Gasteiger partial charge is 0.378 e. The van der Waals surface area contributed by atoms with Crippen molar-refractivity contribution in [1.29, 1.82) is 0 Å². The van der Waals surface area contributed by atoms with E-state index in [-0.39, 0.29) is 17.4 Å². The highest BCUT2D eigenvalue weighted by atomic mass is 16.5. The second-order valence-corrected chi connectivity index (χ2v) is 7.06. The predicted molar refractivity (Wildman–Crippen MR) is 90.7 cm³/mol. The Morgan fingerprint density at radius 1 is 1.42 bits per heavy atom. The van der Waals surface area contributed by atoms with Gasteiger partial charge in [-0.2, -0.15) is 0 Å². The van der Waals surface area contributed by atoms with E-state index in [1.807, 2.05) is 32.2 Å². The van der Waals surface area contributed by atoms with Crippen molar-refractivity contribution in [3.63, 3.8) is 0 Å². The van der Waals surface area contributed by atoms with E-state index in [2.05, 4.69) is 15.6 Å². The Morgan fingerprint density at radius 2 is 2.21 bits per heavy atom. The lowest BCUT2D eigenvalue weighted by Gasteiger charge is -2.54. The SMILES string of the molecule is CCO[C@@H]1C[C@H](NC(=O)c2ccc3c(c2)nnn3C)C12CCCC2. The van der Waals surface area contributed by atoms with Crippen LogP contribution in [0.15, 0.2) is 18.2 Å². The summed E-state index contributed by atoms with van der Waals surface area (Å²) in [5, 5.41) is 11.3. The van der Waals surface area contributed by atoms with Crippen LogP contribution < -0.4 is 5.32 Å². The van der Waals surface area contributed by atoms with Gasteiger partial charge in [-0.1, -0.05) is 18.1 Å². The van der Waals surface area contributed by atoms with E-state index in [4.69, 9.17) is 4.74 Å². The number of carbonyl (C=O) groups excluding carboxylic acids is 1. The number of nitrogens with zero attached hydrogens (tertiary/aromatic N) is 3. The van der Waals surface area contributed by atoms with Crippen molar-refractivity contribution in [2.75, 3.05) is 6.61 Å². The van der Waals surface area contributed by atoms with Crippen molar-refractivity contribution in [2.45, 2.75) is 51.2 Å². The van der Waals surface area contributed by atoms with Crippen molar-refractivity contribution in [2.24, 2.45) is 12.5 Å². The summed E-state index contributed by atoms with van der Waals surface area (Å²) >= 11 is 0. The summed E-state index contributed by atoms with van der Waals surface area (Å²) in [6.07, 6.45) is 6.02. The van der Waals surface area contributed by atoms with Crippen molar-refractivity contribution < 1.29 is 9.53 Å². The molecule has 0 saturated heterocycles. The molecule has 1 heterocycles. The second kappa shape index (κ2) is 5.84. The average Bonchev–Trinajstić information content (AvgIpc) is 3.23. The van der Waals surface area contributed by atoms with Crippen LogP contribution in [0, 0.1) is 5.41 Å². The smallest absolute Gasteiger partial charge is 0.251 e. The van der Waals surface area contributed by atoms with Crippen LogP contribution in [0.4, 0.5) is 0 Å². The Morgan fingerprint density at radius 3 is 2.96 bits per heavy atom. The van der Waals surface area contributed by atoms with Gasteiger partial charge in [-0.3, -0.25) is 4.79 Å². The Hall–Kier alpha value is -1.95. The van der Waals surface area contributed by atoms with Crippen molar-refractivity contribution >= 4 is 16.9 Å². The molecule has 6 heteroatoms. The van der Waals surface area contributed by atoms with Gasteiger partial charge in [0.15, 0.2) is 0 Å². The standard InChI is InChI=1S/C18H24N4O2/c1-3-24-16-11-15(18(16)8-4-5-9-18)19-17(23)12-6-7-14-13(10-12)20-21-22(14)2/h6-7,10,15-16H,3-5,8-9,11H2,1-2H3,(H,19,23)/t15-,16+/m0/s1. The van der Waals surface area contributed by atoms with Crippen LogP contribution in [-0.2, 0) is 11.8 Å². The molecule has 2 aromatic rings. The Balaban J connectivity index is 1.51. The minimum Gasteiger partial charge on any atom is -0.378 e.